The number of carboxylic acid groups (broad SMARTS) is 1. The smallest absolute Gasteiger partial charge is 0.317 e. The van der Waals surface area contributed by atoms with Crippen molar-refractivity contribution in [3.8, 4) is 0 Å². The molecule has 0 spiro atoms. The summed E-state index contributed by atoms with van der Waals surface area (Å²) in [5, 5.41) is 11.5. The van der Waals surface area contributed by atoms with Crippen LogP contribution in [-0.2, 0) is 9.59 Å². The lowest BCUT2D eigenvalue weighted by Crippen LogP contribution is -2.46. The van der Waals surface area contributed by atoms with Gasteiger partial charge in [0.1, 0.15) is 0 Å². The first kappa shape index (κ1) is 10.4. The average molecular weight is 212 g/mol. The van der Waals surface area contributed by atoms with Crippen LogP contribution in [0.15, 0.2) is 0 Å². The van der Waals surface area contributed by atoms with Gasteiger partial charge >= 0.3 is 5.97 Å². The van der Waals surface area contributed by atoms with Gasteiger partial charge in [0, 0.05) is 25.0 Å². The highest BCUT2D eigenvalue weighted by Crippen LogP contribution is 2.27. The van der Waals surface area contributed by atoms with Crippen LogP contribution in [0.5, 0.6) is 0 Å². The van der Waals surface area contributed by atoms with Gasteiger partial charge in [-0.25, -0.2) is 0 Å². The fourth-order valence-corrected chi connectivity index (χ4v) is 2.55. The molecule has 0 aliphatic carbocycles. The van der Waals surface area contributed by atoms with E-state index >= 15 is 0 Å². The normalized spacial score (nSPS) is 30.4. The lowest BCUT2D eigenvalue weighted by Gasteiger charge is -2.32. The van der Waals surface area contributed by atoms with E-state index in [0.29, 0.717) is 6.42 Å². The first-order valence-corrected chi connectivity index (χ1v) is 5.43. The third kappa shape index (κ3) is 2.12. The Morgan fingerprint density at radius 2 is 2.33 bits per heavy atom. The molecule has 0 aromatic rings. The van der Waals surface area contributed by atoms with Gasteiger partial charge in [0.15, 0.2) is 0 Å². The molecule has 2 atom stereocenters. The summed E-state index contributed by atoms with van der Waals surface area (Å²) in [7, 11) is 0. The second-order valence-electron chi connectivity index (χ2n) is 4.24. The molecule has 15 heavy (non-hydrogen) atoms. The van der Waals surface area contributed by atoms with E-state index in [2.05, 4.69) is 5.32 Å². The van der Waals surface area contributed by atoms with Gasteiger partial charge in [0.2, 0.25) is 5.91 Å². The summed E-state index contributed by atoms with van der Waals surface area (Å²) in [6, 6.07) is 0.263. The highest BCUT2D eigenvalue weighted by Gasteiger charge is 2.40. The molecule has 2 rings (SSSR count). The van der Waals surface area contributed by atoms with E-state index in [1.165, 1.54) is 0 Å². The Kier molecular flexibility index (Phi) is 2.90. The molecule has 5 heteroatoms. The van der Waals surface area contributed by atoms with Gasteiger partial charge in [0.25, 0.3) is 0 Å². The number of carbonyl (C=O) groups excluding carboxylic acids is 1. The predicted molar refractivity (Wildman–Crippen MR) is 53.4 cm³/mol. The summed E-state index contributed by atoms with van der Waals surface area (Å²) in [5.41, 5.74) is 0. The second kappa shape index (κ2) is 4.18. The lowest BCUT2D eigenvalue weighted by molar-refractivity contribution is -0.136. The zero-order valence-electron chi connectivity index (χ0n) is 8.61. The summed E-state index contributed by atoms with van der Waals surface area (Å²) >= 11 is 0. The van der Waals surface area contributed by atoms with Crippen molar-refractivity contribution >= 4 is 11.9 Å². The van der Waals surface area contributed by atoms with E-state index in [-0.39, 0.29) is 24.5 Å². The molecule has 0 bridgehead atoms. The van der Waals surface area contributed by atoms with Gasteiger partial charge in [0.05, 0.1) is 6.54 Å². The minimum atomic E-state index is -0.864. The Labute approximate surface area is 88.4 Å². The highest BCUT2D eigenvalue weighted by atomic mass is 16.4. The number of nitrogens with zero attached hydrogens (tertiary/aromatic N) is 1. The summed E-state index contributed by atoms with van der Waals surface area (Å²) < 4.78 is 0. The quantitative estimate of drug-likeness (QED) is 0.680. The van der Waals surface area contributed by atoms with Gasteiger partial charge in [-0.05, 0) is 19.3 Å². The molecule has 2 heterocycles. The number of hydrogen-bond donors (Lipinski definition) is 2. The number of carboxylic acids is 1. The van der Waals surface area contributed by atoms with Crippen LogP contribution < -0.4 is 5.32 Å². The molecule has 2 unspecified atom stereocenters. The molecule has 1 amide bonds. The third-order valence-electron chi connectivity index (χ3n) is 3.24. The Balaban J connectivity index is 1.95. The minimum Gasteiger partial charge on any atom is -0.480 e. The molecule has 0 aromatic carbocycles. The minimum absolute atomic E-state index is 0.0360. The van der Waals surface area contributed by atoms with E-state index in [1.54, 1.807) is 0 Å². The van der Waals surface area contributed by atoms with Crippen molar-refractivity contribution in [2.75, 3.05) is 13.1 Å². The molecule has 0 aromatic heterocycles. The van der Waals surface area contributed by atoms with Crippen LogP contribution >= 0.6 is 0 Å². The van der Waals surface area contributed by atoms with Crippen LogP contribution in [0.4, 0.5) is 0 Å². The van der Waals surface area contributed by atoms with Crippen LogP contribution in [0.25, 0.3) is 0 Å². The Morgan fingerprint density at radius 1 is 1.53 bits per heavy atom. The second-order valence-corrected chi connectivity index (χ2v) is 4.24. The van der Waals surface area contributed by atoms with Crippen molar-refractivity contribution in [1.82, 2.24) is 10.2 Å². The van der Waals surface area contributed by atoms with E-state index in [0.717, 1.165) is 25.8 Å². The summed E-state index contributed by atoms with van der Waals surface area (Å²) in [6.07, 6.45) is 3.68. The van der Waals surface area contributed by atoms with E-state index in [4.69, 9.17) is 5.11 Å². The topological polar surface area (TPSA) is 69.6 Å². The SMILES string of the molecule is O=C(O)CNC1CC(=O)N2CCCCC12. The van der Waals surface area contributed by atoms with E-state index in [9.17, 15) is 9.59 Å². The molecule has 84 valence electrons. The van der Waals surface area contributed by atoms with Crippen LogP contribution in [0, 0.1) is 0 Å². The molecule has 2 aliphatic heterocycles. The van der Waals surface area contributed by atoms with Gasteiger partial charge in [-0.2, -0.15) is 0 Å². The Bertz CT molecular complexity index is 280. The molecule has 2 fully saturated rings. The molecular formula is C10H16N2O3. The summed E-state index contributed by atoms with van der Waals surface area (Å²) in [5.74, 6) is -0.695. The zero-order valence-corrected chi connectivity index (χ0v) is 8.61. The van der Waals surface area contributed by atoms with Crippen molar-refractivity contribution in [3.63, 3.8) is 0 Å². The largest absolute Gasteiger partial charge is 0.480 e. The maximum absolute atomic E-state index is 11.6. The maximum Gasteiger partial charge on any atom is 0.317 e. The number of fused-ring (bicyclic) bond motifs is 1. The number of rotatable bonds is 3. The van der Waals surface area contributed by atoms with Gasteiger partial charge < -0.3 is 15.3 Å². The first-order chi connectivity index (χ1) is 7.18. The van der Waals surface area contributed by atoms with Crippen molar-refractivity contribution in [1.29, 1.82) is 0 Å². The van der Waals surface area contributed by atoms with Crippen LogP contribution in [0.1, 0.15) is 25.7 Å². The van der Waals surface area contributed by atoms with Crippen LogP contribution in [-0.4, -0.2) is 47.1 Å². The molecular weight excluding hydrogens is 196 g/mol. The number of aliphatic carboxylic acids is 1. The van der Waals surface area contributed by atoms with Crippen LogP contribution in [0.2, 0.25) is 0 Å². The summed E-state index contributed by atoms with van der Waals surface area (Å²) in [6.45, 7) is 0.789. The lowest BCUT2D eigenvalue weighted by atomic mass is 9.99. The number of hydrogen-bond acceptors (Lipinski definition) is 3. The molecule has 2 aliphatic rings. The molecule has 0 radical (unpaired) electrons. The molecule has 0 saturated carbocycles. The standard InChI is InChI=1S/C10H16N2O3/c13-9-5-7(11-6-10(14)15)8-3-1-2-4-12(8)9/h7-8,11H,1-6H2,(H,14,15). The molecule has 5 nitrogen and oxygen atoms in total. The van der Waals surface area contributed by atoms with Gasteiger partial charge in [-0.1, -0.05) is 0 Å². The number of piperidine rings is 1. The van der Waals surface area contributed by atoms with E-state index < -0.39 is 5.97 Å². The first-order valence-electron chi connectivity index (χ1n) is 5.43. The van der Waals surface area contributed by atoms with Crippen molar-refractivity contribution in [3.05, 3.63) is 0 Å². The fraction of sp³-hybridized carbons (Fsp3) is 0.800. The Hall–Kier alpha value is -1.10. The Morgan fingerprint density at radius 3 is 3.07 bits per heavy atom. The molecule has 2 saturated heterocycles. The summed E-state index contributed by atoms with van der Waals surface area (Å²) in [4.78, 5) is 23.9. The van der Waals surface area contributed by atoms with E-state index in [1.807, 2.05) is 4.90 Å². The van der Waals surface area contributed by atoms with Crippen molar-refractivity contribution < 1.29 is 14.7 Å². The van der Waals surface area contributed by atoms with Crippen molar-refractivity contribution in [2.45, 2.75) is 37.8 Å². The highest BCUT2D eigenvalue weighted by molar-refractivity contribution is 5.80. The molecule has 2 N–H and O–H groups in total. The third-order valence-corrected chi connectivity index (χ3v) is 3.24. The van der Waals surface area contributed by atoms with Crippen LogP contribution in [0.3, 0.4) is 0 Å². The monoisotopic (exact) mass is 212 g/mol. The van der Waals surface area contributed by atoms with Crippen molar-refractivity contribution in [2.24, 2.45) is 0 Å². The number of amides is 1. The van der Waals surface area contributed by atoms with Gasteiger partial charge in [-0.15, -0.1) is 0 Å². The number of nitrogens with one attached hydrogen (secondary N) is 1. The predicted octanol–water partition coefficient (Wildman–Crippen LogP) is -0.186. The zero-order chi connectivity index (χ0) is 10.8. The maximum atomic E-state index is 11.6. The fourth-order valence-electron chi connectivity index (χ4n) is 2.55. The average Bonchev–Trinajstić information content (AvgIpc) is 2.54. The van der Waals surface area contributed by atoms with Gasteiger partial charge in [-0.3, -0.25) is 9.59 Å². The number of carbonyl (C=O) groups is 2.